The summed E-state index contributed by atoms with van der Waals surface area (Å²) < 4.78 is 38.7. The van der Waals surface area contributed by atoms with Crippen LogP contribution in [-0.2, 0) is 26.2 Å². The minimum Gasteiger partial charge on any atom is -0.486 e. The molecule has 1 aliphatic heterocycles. The van der Waals surface area contributed by atoms with Crippen molar-refractivity contribution in [2.75, 3.05) is 30.3 Å². The van der Waals surface area contributed by atoms with E-state index in [1.807, 2.05) is 24.3 Å². The number of sulfonamides is 1. The van der Waals surface area contributed by atoms with E-state index in [4.69, 9.17) is 9.47 Å². The lowest BCUT2D eigenvalue weighted by atomic mass is 9.95. The number of rotatable bonds is 11. The van der Waals surface area contributed by atoms with Crippen molar-refractivity contribution in [1.29, 1.82) is 0 Å². The molecule has 2 aromatic rings. The summed E-state index contributed by atoms with van der Waals surface area (Å²) in [7, 11) is -3.62. The van der Waals surface area contributed by atoms with Crippen LogP contribution in [0.3, 0.4) is 0 Å². The van der Waals surface area contributed by atoms with Crippen molar-refractivity contribution in [3.63, 3.8) is 0 Å². The second-order valence-electron chi connectivity index (χ2n) is 10.4. The molecular formula is C29H38BrN3O6S. The average Bonchev–Trinajstić information content (AvgIpc) is 2.93. The summed E-state index contributed by atoms with van der Waals surface area (Å²) in [4.78, 5) is 28.4. The molecule has 9 nitrogen and oxygen atoms in total. The van der Waals surface area contributed by atoms with Gasteiger partial charge in [-0.25, -0.2) is 8.42 Å². The molecule has 0 aromatic heterocycles. The number of carbonyl (C=O) groups is 2. The van der Waals surface area contributed by atoms with Crippen LogP contribution in [0.4, 0.5) is 5.69 Å². The summed E-state index contributed by atoms with van der Waals surface area (Å²) >= 11 is 3.48. The van der Waals surface area contributed by atoms with Crippen LogP contribution in [0.25, 0.3) is 0 Å². The van der Waals surface area contributed by atoms with Crippen molar-refractivity contribution in [3.05, 3.63) is 52.5 Å². The van der Waals surface area contributed by atoms with Crippen molar-refractivity contribution < 1.29 is 27.5 Å². The maximum absolute atomic E-state index is 13.6. The molecule has 40 heavy (non-hydrogen) atoms. The number of anilines is 1. The Morgan fingerprint density at radius 3 is 2.48 bits per heavy atom. The molecule has 2 amide bonds. The summed E-state index contributed by atoms with van der Waals surface area (Å²) in [5.41, 5.74) is 1.35. The van der Waals surface area contributed by atoms with Crippen molar-refractivity contribution in [3.8, 4) is 11.5 Å². The zero-order valence-corrected chi connectivity index (χ0v) is 25.5. The number of fused-ring (bicyclic) bond motifs is 1. The first-order valence-corrected chi connectivity index (χ1v) is 16.5. The van der Waals surface area contributed by atoms with Gasteiger partial charge in [0.15, 0.2) is 11.5 Å². The molecule has 1 heterocycles. The van der Waals surface area contributed by atoms with Crippen LogP contribution >= 0.6 is 15.9 Å². The molecular weight excluding hydrogens is 598 g/mol. The Hall–Kier alpha value is -2.79. The number of halogens is 1. The Bertz CT molecular complexity index is 1300. The topological polar surface area (TPSA) is 105 Å². The van der Waals surface area contributed by atoms with Gasteiger partial charge in [-0.1, -0.05) is 47.3 Å². The zero-order valence-electron chi connectivity index (χ0n) is 23.1. The van der Waals surface area contributed by atoms with Gasteiger partial charge in [0.05, 0.1) is 11.9 Å². The maximum Gasteiger partial charge on any atom is 0.242 e. The van der Waals surface area contributed by atoms with Crippen molar-refractivity contribution in [1.82, 2.24) is 10.2 Å². The molecule has 0 bridgehead atoms. The van der Waals surface area contributed by atoms with E-state index in [0.717, 1.165) is 42.0 Å². The summed E-state index contributed by atoms with van der Waals surface area (Å²) in [5.74, 6) is 0.694. The first-order chi connectivity index (χ1) is 19.1. The second kappa shape index (κ2) is 13.7. The van der Waals surface area contributed by atoms with E-state index in [1.165, 1.54) is 10.7 Å². The monoisotopic (exact) mass is 635 g/mol. The highest BCUT2D eigenvalue weighted by Crippen LogP contribution is 2.35. The maximum atomic E-state index is 13.6. The number of carbonyl (C=O) groups excluding carboxylic acids is 2. The van der Waals surface area contributed by atoms with Crippen LogP contribution < -0.4 is 19.1 Å². The lowest BCUT2D eigenvalue weighted by Crippen LogP contribution is -2.50. The van der Waals surface area contributed by atoms with Gasteiger partial charge >= 0.3 is 0 Å². The fourth-order valence-electron chi connectivity index (χ4n) is 5.17. The largest absolute Gasteiger partial charge is 0.486 e. The Labute approximate surface area is 245 Å². The number of hydrogen-bond acceptors (Lipinski definition) is 6. The fourth-order valence-corrected chi connectivity index (χ4v) is 6.58. The van der Waals surface area contributed by atoms with Crippen molar-refractivity contribution >= 4 is 43.5 Å². The quantitative estimate of drug-likeness (QED) is 0.386. The van der Waals surface area contributed by atoms with Gasteiger partial charge in [0.25, 0.3) is 0 Å². The summed E-state index contributed by atoms with van der Waals surface area (Å²) in [6.07, 6.45) is 6.81. The molecule has 2 aliphatic rings. The highest BCUT2D eigenvalue weighted by Gasteiger charge is 2.29. The van der Waals surface area contributed by atoms with Crippen LogP contribution in [-0.4, -0.2) is 63.2 Å². The molecule has 11 heteroatoms. The third kappa shape index (κ3) is 8.13. The highest BCUT2D eigenvalue weighted by atomic mass is 79.9. The van der Waals surface area contributed by atoms with E-state index in [2.05, 4.69) is 21.2 Å². The van der Waals surface area contributed by atoms with E-state index in [9.17, 15) is 18.0 Å². The predicted octanol–water partition coefficient (Wildman–Crippen LogP) is 4.63. The van der Waals surface area contributed by atoms with E-state index in [-0.39, 0.29) is 43.8 Å². The van der Waals surface area contributed by atoms with Gasteiger partial charge in [-0.05, 0) is 56.0 Å². The number of hydrogen-bond donors (Lipinski definition) is 1. The van der Waals surface area contributed by atoms with Crippen LogP contribution in [0.2, 0.25) is 0 Å². The van der Waals surface area contributed by atoms with Crippen LogP contribution in [0.15, 0.2) is 46.9 Å². The number of nitrogens with one attached hydrogen (secondary N) is 1. The first-order valence-electron chi connectivity index (χ1n) is 13.8. The number of nitrogens with zero attached hydrogens (tertiary/aromatic N) is 2. The van der Waals surface area contributed by atoms with E-state index >= 15 is 0 Å². The van der Waals surface area contributed by atoms with Gasteiger partial charge in [-0.2, -0.15) is 0 Å². The summed E-state index contributed by atoms with van der Waals surface area (Å²) in [6.45, 7) is 2.97. The SMILES string of the molecule is CC(C(=O)NC1CCCCC1)N(Cc1cccc(Br)c1)C(=O)CCCN(c1ccc2c(c1)OCCO2)S(C)(=O)=O. The Balaban J connectivity index is 1.45. The minimum absolute atomic E-state index is 0.0889. The van der Waals surface area contributed by atoms with Gasteiger partial charge in [-0.15, -0.1) is 0 Å². The van der Waals surface area contributed by atoms with Crippen LogP contribution in [0.5, 0.6) is 11.5 Å². The predicted molar refractivity (Wildman–Crippen MR) is 158 cm³/mol. The molecule has 1 saturated carbocycles. The molecule has 1 N–H and O–H groups in total. The normalized spacial score (nSPS) is 16.2. The molecule has 0 radical (unpaired) electrons. The lowest BCUT2D eigenvalue weighted by molar-refractivity contribution is -0.141. The molecule has 0 spiro atoms. The Morgan fingerprint density at radius 1 is 1.05 bits per heavy atom. The molecule has 1 unspecified atom stereocenters. The molecule has 1 aliphatic carbocycles. The highest BCUT2D eigenvalue weighted by molar-refractivity contribution is 9.10. The van der Waals surface area contributed by atoms with E-state index < -0.39 is 16.1 Å². The molecule has 1 atom stereocenters. The third-order valence-electron chi connectivity index (χ3n) is 7.33. The van der Waals surface area contributed by atoms with Gasteiger partial charge in [0, 0.05) is 36.1 Å². The van der Waals surface area contributed by atoms with Crippen LogP contribution in [0.1, 0.15) is 57.4 Å². The Morgan fingerprint density at radius 2 is 1.77 bits per heavy atom. The van der Waals surface area contributed by atoms with Crippen LogP contribution in [0, 0.1) is 0 Å². The Kier molecular flexibility index (Phi) is 10.3. The third-order valence-corrected chi connectivity index (χ3v) is 9.01. The number of benzene rings is 2. The van der Waals surface area contributed by atoms with E-state index in [0.29, 0.717) is 30.4 Å². The zero-order chi connectivity index (χ0) is 28.7. The van der Waals surface area contributed by atoms with Gasteiger partial charge < -0.3 is 19.7 Å². The number of ether oxygens (including phenoxy) is 2. The second-order valence-corrected chi connectivity index (χ2v) is 13.3. The van der Waals surface area contributed by atoms with Gasteiger partial charge in [-0.3, -0.25) is 13.9 Å². The van der Waals surface area contributed by atoms with Crippen molar-refractivity contribution in [2.24, 2.45) is 0 Å². The molecule has 4 rings (SSSR count). The number of amides is 2. The molecule has 2 aromatic carbocycles. The molecule has 1 fully saturated rings. The van der Waals surface area contributed by atoms with Crippen molar-refractivity contribution in [2.45, 2.75) is 70.5 Å². The molecule has 0 saturated heterocycles. The molecule has 218 valence electrons. The first kappa shape index (κ1) is 30.2. The minimum atomic E-state index is -3.62. The summed E-state index contributed by atoms with van der Waals surface area (Å²) in [6, 6.07) is 12.1. The summed E-state index contributed by atoms with van der Waals surface area (Å²) in [5, 5.41) is 3.14. The standard InChI is InChI=1S/C29H38BrN3O6S/c1-21(29(35)31-24-10-4-3-5-11-24)32(20-22-8-6-9-23(30)18-22)28(34)12-7-15-33(40(2,36)37)25-13-14-26-27(19-25)39-17-16-38-26/h6,8-9,13-14,18-19,21,24H,3-5,7,10-12,15-17,20H2,1-2H3,(H,31,35). The van der Waals surface area contributed by atoms with Gasteiger partial charge in [0.2, 0.25) is 21.8 Å². The van der Waals surface area contributed by atoms with Gasteiger partial charge in [0.1, 0.15) is 19.3 Å². The fraction of sp³-hybridized carbons (Fsp3) is 0.517. The lowest BCUT2D eigenvalue weighted by Gasteiger charge is -2.31. The smallest absolute Gasteiger partial charge is 0.242 e. The average molecular weight is 637 g/mol. The van der Waals surface area contributed by atoms with E-state index in [1.54, 1.807) is 30.0 Å².